The Morgan fingerprint density at radius 3 is 2.43 bits per heavy atom. The number of aromatic hydroxyl groups is 1. The van der Waals surface area contributed by atoms with Gasteiger partial charge < -0.3 is 24.8 Å². The molecule has 0 radical (unpaired) electrons. The van der Waals surface area contributed by atoms with Gasteiger partial charge in [0.1, 0.15) is 5.75 Å². The van der Waals surface area contributed by atoms with Crippen molar-refractivity contribution >= 4 is 11.6 Å². The van der Waals surface area contributed by atoms with E-state index in [4.69, 9.17) is 4.74 Å². The van der Waals surface area contributed by atoms with Gasteiger partial charge in [0.05, 0.1) is 13.7 Å². The highest BCUT2D eigenvalue weighted by Gasteiger charge is 2.19. The van der Waals surface area contributed by atoms with Crippen molar-refractivity contribution in [2.45, 2.75) is 13.2 Å². The van der Waals surface area contributed by atoms with E-state index in [0.717, 1.165) is 37.4 Å². The van der Waals surface area contributed by atoms with Crippen LogP contribution in [0.3, 0.4) is 0 Å². The van der Waals surface area contributed by atoms with Crippen LogP contribution in [0.1, 0.15) is 5.56 Å². The molecule has 1 amide bonds. The standard InChI is InChI=1S/C21H25F2N3O4/c1-29-19-12-15(2-7-18(19)30-21(22)23)13-24-20(28)14-25-8-10-26(11-9-25)16-3-5-17(27)6-4-16/h2-7,12,21,27H,8-11,13-14H2,1H3,(H,24,28). The number of hydrogen-bond donors (Lipinski definition) is 2. The first-order chi connectivity index (χ1) is 14.4. The van der Waals surface area contributed by atoms with Crippen molar-refractivity contribution in [3.63, 3.8) is 0 Å². The molecule has 30 heavy (non-hydrogen) atoms. The van der Waals surface area contributed by atoms with Crippen LogP contribution in [0.4, 0.5) is 14.5 Å². The number of benzene rings is 2. The highest BCUT2D eigenvalue weighted by molar-refractivity contribution is 5.78. The first kappa shape index (κ1) is 21.6. The number of anilines is 1. The predicted molar refractivity (Wildman–Crippen MR) is 108 cm³/mol. The van der Waals surface area contributed by atoms with E-state index < -0.39 is 6.61 Å². The summed E-state index contributed by atoms with van der Waals surface area (Å²) in [5, 5.41) is 12.2. The zero-order valence-corrected chi connectivity index (χ0v) is 16.7. The minimum absolute atomic E-state index is 0.0472. The summed E-state index contributed by atoms with van der Waals surface area (Å²) < 4.78 is 34.3. The zero-order valence-electron chi connectivity index (χ0n) is 16.7. The number of carbonyl (C=O) groups excluding carboxylic acids is 1. The molecule has 2 aromatic carbocycles. The summed E-state index contributed by atoms with van der Waals surface area (Å²) in [7, 11) is 1.37. The molecule has 2 aromatic rings. The fourth-order valence-electron chi connectivity index (χ4n) is 3.30. The molecule has 0 aromatic heterocycles. The van der Waals surface area contributed by atoms with E-state index in [-0.39, 0.29) is 36.2 Å². The molecule has 0 atom stereocenters. The second-order valence-corrected chi connectivity index (χ2v) is 6.92. The van der Waals surface area contributed by atoms with Gasteiger partial charge in [-0.3, -0.25) is 9.69 Å². The molecule has 1 aliphatic heterocycles. The molecule has 3 rings (SSSR count). The lowest BCUT2D eigenvalue weighted by Gasteiger charge is -2.35. The van der Waals surface area contributed by atoms with Crippen molar-refractivity contribution in [2.24, 2.45) is 0 Å². The Balaban J connectivity index is 1.44. The Labute approximate surface area is 173 Å². The lowest BCUT2D eigenvalue weighted by atomic mass is 10.2. The third-order valence-electron chi connectivity index (χ3n) is 4.89. The fraction of sp³-hybridized carbons (Fsp3) is 0.381. The molecule has 7 nitrogen and oxygen atoms in total. The summed E-state index contributed by atoms with van der Waals surface area (Å²) in [6.45, 7) is 0.703. The number of halogens is 2. The number of piperazine rings is 1. The number of ether oxygens (including phenoxy) is 2. The molecule has 0 aliphatic carbocycles. The molecule has 1 fully saturated rings. The van der Waals surface area contributed by atoms with Gasteiger partial charge in [0, 0.05) is 38.4 Å². The van der Waals surface area contributed by atoms with E-state index in [1.54, 1.807) is 24.3 Å². The number of alkyl halides is 2. The summed E-state index contributed by atoms with van der Waals surface area (Å²) in [4.78, 5) is 16.6. The molecular formula is C21H25F2N3O4. The van der Waals surface area contributed by atoms with E-state index in [9.17, 15) is 18.7 Å². The number of amides is 1. The molecule has 1 aliphatic rings. The van der Waals surface area contributed by atoms with Gasteiger partial charge in [0.15, 0.2) is 11.5 Å². The van der Waals surface area contributed by atoms with Crippen LogP contribution in [0.5, 0.6) is 17.2 Å². The molecule has 0 spiro atoms. The topological polar surface area (TPSA) is 74.3 Å². The summed E-state index contributed by atoms with van der Waals surface area (Å²) >= 11 is 0. The number of nitrogens with zero attached hydrogens (tertiary/aromatic N) is 2. The number of nitrogens with one attached hydrogen (secondary N) is 1. The van der Waals surface area contributed by atoms with Crippen LogP contribution < -0.4 is 19.7 Å². The second-order valence-electron chi connectivity index (χ2n) is 6.92. The molecule has 0 bridgehead atoms. The SMILES string of the molecule is COc1cc(CNC(=O)CN2CCN(c3ccc(O)cc3)CC2)ccc1OC(F)F. The number of carbonyl (C=O) groups is 1. The van der Waals surface area contributed by atoms with Gasteiger partial charge in [-0.25, -0.2) is 0 Å². The van der Waals surface area contributed by atoms with Gasteiger partial charge in [-0.05, 0) is 42.0 Å². The van der Waals surface area contributed by atoms with Gasteiger partial charge >= 0.3 is 6.61 Å². The Morgan fingerprint density at radius 2 is 1.80 bits per heavy atom. The van der Waals surface area contributed by atoms with E-state index in [0.29, 0.717) is 0 Å². The van der Waals surface area contributed by atoms with E-state index in [1.165, 1.54) is 13.2 Å². The van der Waals surface area contributed by atoms with Crippen LogP contribution >= 0.6 is 0 Å². The van der Waals surface area contributed by atoms with Gasteiger partial charge in [0.25, 0.3) is 0 Å². The fourth-order valence-corrected chi connectivity index (χ4v) is 3.30. The van der Waals surface area contributed by atoms with Crippen molar-refractivity contribution in [3.05, 3.63) is 48.0 Å². The Bertz CT molecular complexity index is 841. The smallest absolute Gasteiger partial charge is 0.387 e. The lowest BCUT2D eigenvalue weighted by Crippen LogP contribution is -2.49. The molecule has 0 unspecified atom stereocenters. The highest BCUT2D eigenvalue weighted by atomic mass is 19.3. The zero-order chi connectivity index (χ0) is 21.5. The highest BCUT2D eigenvalue weighted by Crippen LogP contribution is 2.29. The Kier molecular flexibility index (Phi) is 7.29. The summed E-state index contributed by atoms with van der Waals surface area (Å²) in [6, 6.07) is 11.7. The van der Waals surface area contributed by atoms with Gasteiger partial charge in [-0.1, -0.05) is 6.07 Å². The van der Waals surface area contributed by atoms with Crippen molar-refractivity contribution in [1.82, 2.24) is 10.2 Å². The molecule has 9 heteroatoms. The quantitative estimate of drug-likeness (QED) is 0.682. The van der Waals surface area contributed by atoms with Crippen LogP contribution in [0, 0.1) is 0 Å². The van der Waals surface area contributed by atoms with Crippen molar-refractivity contribution < 1.29 is 28.2 Å². The minimum atomic E-state index is -2.93. The number of phenols is 1. The van der Waals surface area contributed by atoms with Crippen molar-refractivity contribution in [2.75, 3.05) is 44.7 Å². The minimum Gasteiger partial charge on any atom is -0.508 e. The van der Waals surface area contributed by atoms with E-state index in [1.807, 2.05) is 12.1 Å². The first-order valence-electron chi connectivity index (χ1n) is 9.59. The van der Waals surface area contributed by atoms with Crippen molar-refractivity contribution in [1.29, 1.82) is 0 Å². The first-order valence-corrected chi connectivity index (χ1v) is 9.59. The normalized spacial score (nSPS) is 14.6. The molecule has 1 heterocycles. The number of methoxy groups -OCH3 is 1. The predicted octanol–water partition coefficient (Wildman–Crippen LogP) is 2.44. The maximum absolute atomic E-state index is 12.4. The third kappa shape index (κ3) is 5.96. The number of rotatable bonds is 8. The van der Waals surface area contributed by atoms with Gasteiger partial charge in [0.2, 0.25) is 5.91 Å². The second kappa shape index (κ2) is 10.1. The van der Waals surface area contributed by atoms with Crippen molar-refractivity contribution in [3.8, 4) is 17.2 Å². The maximum Gasteiger partial charge on any atom is 0.387 e. The van der Waals surface area contributed by atoms with E-state index >= 15 is 0 Å². The van der Waals surface area contributed by atoms with Crippen LogP contribution in [-0.2, 0) is 11.3 Å². The van der Waals surface area contributed by atoms with E-state index in [2.05, 4.69) is 19.9 Å². The monoisotopic (exact) mass is 421 g/mol. The summed E-state index contributed by atoms with van der Waals surface area (Å²) in [5.74, 6) is 0.268. The summed E-state index contributed by atoms with van der Waals surface area (Å²) in [5.41, 5.74) is 1.77. The lowest BCUT2D eigenvalue weighted by molar-refractivity contribution is -0.122. The number of phenolic OH excluding ortho intramolecular Hbond substituents is 1. The Morgan fingerprint density at radius 1 is 1.10 bits per heavy atom. The summed E-state index contributed by atoms with van der Waals surface area (Å²) in [6.07, 6.45) is 0. The average Bonchev–Trinajstić information content (AvgIpc) is 2.74. The van der Waals surface area contributed by atoms with Gasteiger partial charge in [-0.15, -0.1) is 0 Å². The van der Waals surface area contributed by atoms with Crippen LogP contribution in [0.15, 0.2) is 42.5 Å². The molecule has 2 N–H and O–H groups in total. The molecule has 1 saturated heterocycles. The average molecular weight is 421 g/mol. The van der Waals surface area contributed by atoms with Crippen LogP contribution in [-0.4, -0.2) is 62.4 Å². The third-order valence-corrected chi connectivity index (χ3v) is 4.89. The molecule has 162 valence electrons. The molecular weight excluding hydrogens is 396 g/mol. The molecule has 0 saturated carbocycles. The number of hydrogen-bond acceptors (Lipinski definition) is 6. The van der Waals surface area contributed by atoms with Crippen LogP contribution in [0.25, 0.3) is 0 Å². The van der Waals surface area contributed by atoms with Gasteiger partial charge in [-0.2, -0.15) is 8.78 Å². The Hall–Kier alpha value is -3.07. The largest absolute Gasteiger partial charge is 0.508 e. The maximum atomic E-state index is 12.4. The van der Waals surface area contributed by atoms with Crippen LogP contribution in [0.2, 0.25) is 0 Å².